The zero-order valence-electron chi connectivity index (χ0n) is 17.8. The highest BCUT2D eigenvalue weighted by Gasteiger charge is 2.41. The van der Waals surface area contributed by atoms with Gasteiger partial charge in [0, 0.05) is 5.56 Å². The van der Waals surface area contributed by atoms with Crippen molar-refractivity contribution in [2.24, 2.45) is 0 Å². The molecule has 0 aliphatic carbocycles. The predicted octanol–water partition coefficient (Wildman–Crippen LogP) is 4.47. The van der Waals surface area contributed by atoms with Gasteiger partial charge in [-0.1, -0.05) is 60.7 Å². The molecular formula is C25H22FNO5S. The molecular weight excluding hydrogens is 445 g/mol. The Balaban J connectivity index is 1.65. The maximum absolute atomic E-state index is 15.8. The number of rotatable bonds is 8. The Bertz CT molecular complexity index is 1130. The summed E-state index contributed by atoms with van der Waals surface area (Å²) in [6.45, 7) is 0.364. The predicted molar refractivity (Wildman–Crippen MR) is 123 cm³/mol. The molecule has 6 nitrogen and oxygen atoms in total. The van der Waals surface area contributed by atoms with Crippen LogP contribution in [0.1, 0.15) is 22.8 Å². The second-order valence-electron chi connectivity index (χ2n) is 7.32. The van der Waals surface area contributed by atoms with Crippen LogP contribution in [0.25, 0.3) is 0 Å². The van der Waals surface area contributed by atoms with Gasteiger partial charge in [0.05, 0.1) is 7.11 Å². The van der Waals surface area contributed by atoms with E-state index >= 15 is 4.39 Å². The van der Waals surface area contributed by atoms with Crippen molar-refractivity contribution in [1.82, 2.24) is 5.32 Å². The van der Waals surface area contributed by atoms with Gasteiger partial charge in [0.25, 0.3) is 5.17 Å². The topological polar surface area (TPSA) is 66.0 Å². The van der Waals surface area contributed by atoms with E-state index in [0.717, 1.165) is 11.1 Å². The first kappa shape index (κ1) is 22.5. The van der Waals surface area contributed by atoms with E-state index in [1.807, 2.05) is 60.7 Å². The van der Waals surface area contributed by atoms with Crippen LogP contribution in [-0.4, -0.2) is 24.3 Å². The molecule has 2 atom stereocenters. The molecule has 0 spiro atoms. The van der Waals surface area contributed by atoms with Gasteiger partial charge in [0.15, 0.2) is 29.5 Å². The standard InChI is InChI=1S/C25H22FNO5S/c1-29-24(28)21-22(32-25(33)27-21)18-12-13-19(30-14-16-8-4-2-5-9-16)23(20(18)26)31-15-17-10-6-3-7-11-17/h2-13,21-22H,14-15H2,1H3,(H,27,33)/t21-,22+/m0/s1. The number of thiocarbonyl (C=S) groups is 1. The number of ether oxygens (including phenoxy) is 4. The molecule has 170 valence electrons. The fourth-order valence-corrected chi connectivity index (χ4v) is 3.69. The molecule has 1 aliphatic rings. The summed E-state index contributed by atoms with van der Waals surface area (Å²) in [5.74, 6) is -1.14. The number of hydrogen-bond donors (Lipinski definition) is 1. The third-order valence-corrected chi connectivity index (χ3v) is 5.34. The van der Waals surface area contributed by atoms with E-state index in [1.54, 1.807) is 6.07 Å². The highest BCUT2D eigenvalue weighted by atomic mass is 32.1. The van der Waals surface area contributed by atoms with Crippen molar-refractivity contribution >= 4 is 23.4 Å². The number of esters is 1. The zero-order chi connectivity index (χ0) is 23.2. The molecule has 0 saturated carbocycles. The smallest absolute Gasteiger partial charge is 0.332 e. The molecule has 0 unspecified atom stereocenters. The molecule has 33 heavy (non-hydrogen) atoms. The third-order valence-electron chi connectivity index (χ3n) is 5.13. The molecule has 4 rings (SSSR count). The molecule has 1 aliphatic heterocycles. The molecule has 0 amide bonds. The molecule has 1 saturated heterocycles. The summed E-state index contributed by atoms with van der Waals surface area (Å²) in [5, 5.41) is 2.71. The van der Waals surface area contributed by atoms with Crippen LogP contribution in [0.5, 0.6) is 11.5 Å². The maximum atomic E-state index is 15.8. The normalized spacial score (nSPS) is 17.1. The van der Waals surface area contributed by atoms with Crippen molar-refractivity contribution in [1.29, 1.82) is 0 Å². The third kappa shape index (κ3) is 5.23. The summed E-state index contributed by atoms with van der Waals surface area (Å²) in [6.07, 6.45) is -1.01. The molecule has 1 heterocycles. The summed E-state index contributed by atoms with van der Waals surface area (Å²) in [6, 6.07) is 21.0. The lowest BCUT2D eigenvalue weighted by Crippen LogP contribution is -2.37. The van der Waals surface area contributed by atoms with Crippen molar-refractivity contribution in [2.75, 3.05) is 7.11 Å². The summed E-state index contributed by atoms with van der Waals surface area (Å²) in [4.78, 5) is 12.2. The van der Waals surface area contributed by atoms with E-state index < -0.39 is 23.9 Å². The Hall–Kier alpha value is -3.65. The van der Waals surface area contributed by atoms with E-state index in [2.05, 4.69) is 5.32 Å². The molecule has 0 bridgehead atoms. The van der Waals surface area contributed by atoms with E-state index in [9.17, 15) is 4.79 Å². The summed E-state index contributed by atoms with van der Waals surface area (Å²) in [5.41, 5.74) is 1.90. The fourth-order valence-electron chi connectivity index (χ4n) is 3.46. The number of halogens is 1. The first-order chi connectivity index (χ1) is 16.1. The molecule has 3 aromatic rings. The Kier molecular flexibility index (Phi) is 7.04. The van der Waals surface area contributed by atoms with Crippen LogP contribution in [0.4, 0.5) is 4.39 Å². The lowest BCUT2D eigenvalue weighted by molar-refractivity contribution is -0.144. The largest absolute Gasteiger partial charge is 0.485 e. The van der Waals surface area contributed by atoms with E-state index in [-0.39, 0.29) is 35.5 Å². The quantitative estimate of drug-likeness (QED) is 0.387. The minimum Gasteiger partial charge on any atom is -0.485 e. The van der Waals surface area contributed by atoms with Gasteiger partial charge in [0.1, 0.15) is 13.2 Å². The maximum Gasteiger partial charge on any atom is 0.332 e. The van der Waals surface area contributed by atoms with Gasteiger partial charge in [0.2, 0.25) is 0 Å². The number of carbonyl (C=O) groups is 1. The fraction of sp³-hybridized carbons (Fsp3) is 0.200. The highest BCUT2D eigenvalue weighted by molar-refractivity contribution is 7.80. The Morgan fingerprint density at radius 1 is 0.970 bits per heavy atom. The highest BCUT2D eigenvalue weighted by Crippen LogP contribution is 2.39. The molecule has 3 aromatic carbocycles. The average molecular weight is 468 g/mol. The van der Waals surface area contributed by atoms with Crippen molar-refractivity contribution in [3.05, 3.63) is 95.3 Å². The van der Waals surface area contributed by atoms with Gasteiger partial charge in [-0.15, -0.1) is 0 Å². The Labute approximate surface area is 196 Å². The van der Waals surface area contributed by atoms with Crippen LogP contribution in [0.2, 0.25) is 0 Å². The van der Waals surface area contributed by atoms with Gasteiger partial charge in [-0.3, -0.25) is 0 Å². The molecule has 1 fully saturated rings. The Morgan fingerprint density at radius 3 is 2.18 bits per heavy atom. The minimum absolute atomic E-state index is 0.00837. The van der Waals surface area contributed by atoms with Gasteiger partial charge < -0.3 is 24.3 Å². The van der Waals surface area contributed by atoms with Crippen molar-refractivity contribution in [3.63, 3.8) is 0 Å². The van der Waals surface area contributed by atoms with Crippen LogP contribution >= 0.6 is 12.2 Å². The van der Waals surface area contributed by atoms with Crippen molar-refractivity contribution in [2.45, 2.75) is 25.4 Å². The number of methoxy groups -OCH3 is 1. The Morgan fingerprint density at radius 2 is 1.58 bits per heavy atom. The monoisotopic (exact) mass is 467 g/mol. The number of benzene rings is 3. The minimum atomic E-state index is -1.01. The first-order valence-corrected chi connectivity index (χ1v) is 10.7. The lowest BCUT2D eigenvalue weighted by atomic mass is 10.0. The summed E-state index contributed by atoms with van der Waals surface area (Å²) < 4.78 is 37.9. The molecule has 8 heteroatoms. The molecule has 0 radical (unpaired) electrons. The average Bonchev–Trinajstić information content (AvgIpc) is 3.24. The van der Waals surface area contributed by atoms with E-state index in [0.29, 0.717) is 0 Å². The van der Waals surface area contributed by atoms with Gasteiger partial charge in [-0.2, -0.15) is 0 Å². The SMILES string of the molecule is COC(=O)[C@H]1NC(=S)O[C@@H]1c1ccc(OCc2ccccc2)c(OCc2ccccc2)c1F. The zero-order valence-corrected chi connectivity index (χ0v) is 18.6. The van der Waals surface area contributed by atoms with Gasteiger partial charge in [-0.05, 0) is 35.5 Å². The van der Waals surface area contributed by atoms with Crippen LogP contribution in [0, 0.1) is 5.82 Å². The van der Waals surface area contributed by atoms with Crippen LogP contribution in [0.15, 0.2) is 72.8 Å². The second kappa shape index (κ2) is 10.3. The van der Waals surface area contributed by atoms with Crippen molar-refractivity contribution in [3.8, 4) is 11.5 Å². The van der Waals surface area contributed by atoms with Crippen molar-refractivity contribution < 1.29 is 28.1 Å². The van der Waals surface area contributed by atoms with Crippen LogP contribution in [0.3, 0.4) is 0 Å². The van der Waals surface area contributed by atoms with Crippen LogP contribution < -0.4 is 14.8 Å². The van der Waals surface area contributed by atoms with Crippen LogP contribution in [-0.2, 0) is 27.5 Å². The second-order valence-corrected chi connectivity index (χ2v) is 7.69. The lowest BCUT2D eigenvalue weighted by Gasteiger charge is -2.20. The molecule has 1 N–H and O–H groups in total. The van der Waals surface area contributed by atoms with Gasteiger partial charge >= 0.3 is 5.97 Å². The number of nitrogens with one attached hydrogen (secondary N) is 1. The van der Waals surface area contributed by atoms with Gasteiger partial charge in [-0.25, -0.2) is 9.18 Å². The van der Waals surface area contributed by atoms with E-state index in [4.69, 9.17) is 31.2 Å². The van der Waals surface area contributed by atoms with E-state index in [1.165, 1.54) is 13.2 Å². The first-order valence-electron chi connectivity index (χ1n) is 10.3. The summed E-state index contributed by atoms with van der Waals surface area (Å²) >= 11 is 5.03. The summed E-state index contributed by atoms with van der Waals surface area (Å²) in [7, 11) is 1.24. The number of hydrogen-bond acceptors (Lipinski definition) is 6. The number of carbonyl (C=O) groups excluding carboxylic acids is 1. The molecule has 0 aromatic heterocycles.